The largest absolute Gasteiger partial charge is 0.486 e. The van der Waals surface area contributed by atoms with E-state index >= 15 is 0 Å². The predicted molar refractivity (Wildman–Crippen MR) is 115 cm³/mol. The van der Waals surface area contributed by atoms with Crippen molar-refractivity contribution in [2.24, 2.45) is 11.5 Å². The molecular formula is C20H24Br2N2O4. The van der Waals surface area contributed by atoms with Crippen molar-refractivity contribution >= 4 is 31.9 Å². The van der Waals surface area contributed by atoms with Crippen molar-refractivity contribution in [2.75, 3.05) is 26.4 Å². The van der Waals surface area contributed by atoms with E-state index in [1.54, 1.807) is 0 Å². The van der Waals surface area contributed by atoms with E-state index in [0.717, 1.165) is 20.4 Å². The molecule has 2 saturated heterocycles. The van der Waals surface area contributed by atoms with Crippen LogP contribution in [0.5, 0.6) is 11.5 Å². The fraction of sp³-hybridized carbons (Fsp3) is 0.400. The maximum atomic E-state index is 5.80. The summed E-state index contributed by atoms with van der Waals surface area (Å²) in [7, 11) is 0. The maximum absolute atomic E-state index is 5.80. The van der Waals surface area contributed by atoms with Crippen molar-refractivity contribution in [1.29, 1.82) is 0 Å². The number of hydrogen-bond donors (Lipinski definition) is 2. The number of rotatable bonds is 4. The van der Waals surface area contributed by atoms with Gasteiger partial charge in [-0.05, 0) is 48.5 Å². The quantitative estimate of drug-likeness (QED) is 0.650. The van der Waals surface area contributed by atoms with Crippen molar-refractivity contribution in [3.8, 4) is 11.5 Å². The van der Waals surface area contributed by atoms with Gasteiger partial charge < -0.3 is 30.4 Å². The molecule has 152 valence electrons. The van der Waals surface area contributed by atoms with Gasteiger partial charge in [0.1, 0.15) is 23.7 Å². The minimum Gasteiger partial charge on any atom is -0.486 e. The molecule has 0 amide bonds. The summed E-state index contributed by atoms with van der Waals surface area (Å²) in [6, 6.07) is 15.4. The molecule has 2 heterocycles. The predicted octanol–water partition coefficient (Wildman–Crippen LogP) is 3.11. The van der Waals surface area contributed by atoms with Gasteiger partial charge in [-0.3, -0.25) is 0 Å². The average Bonchev–Trinajstić information content (AvgIpc) is 3.28. The van der Waals surface area contributed by atoms with Crippen LogP contribution in [0.25, 0.3) is 0 Å². The zero-order valence-electron chi connectivity index (χ0n) is 15.3. The topological polar surface area (TPSA) is 89.0 Å². The number of nitrogens with two attached hydrogens (primary N) is 2. The summed E-state index contributed by atoms with van der Waals surface area (Å²) in [6.45, 7) is 2.33. The molecule has 4 N–H and O–H groups in total. The first-order valence-corrected chi connectivity index (χ1v) is 10.6. The third-order valence-corrected chi connectivity index (χ3v) is 5.40. The molecule has 8 heteroatoms. The van der Waals surface area contributed by atoms with Crippen molar-refractivity contribution in [3.63, 3.8) is 0 Å². The van der Waals surface area contributed by atoms with Gasteiger partial charge >= 0.3 is 0 Å². The van der Waals surface area contributed by atoms with Crippen LogP contribution in [-0.2, 0) is 9.47 Å². The molecule has 0 spiro atoms. The number of benzene rings is 2. The van der Waals surface area contributed by atoms with Crippen LogP contribution in [0.1, 0.15) is 0 Å². The zero-order chi connectivity index (χ0) is 19.9. The number of halogens is 2. The van der Waals surface area contributed by atoms with Gasteiger partial charge in [0.05, 0.1) is 38.5 Å². The minimum atomic E-state index is -0.0174. The molecule has 0 bridgehead atoms. The standard InChI is InChI=1S/2C10H12BrNO2/c2*11-7-1-3-8(4-2-7)14-10-6-13-5-9(10)12/h2*1-4,9-10H,5-6,12H2/t2*9-,10+/m10/s1. The van der Waals surface area contributed by atoms with Gasteiger partial charge in [-0.25, -0.2) is 0 Å². The van der Waals surface area contributed by atoms with Gasteiger partial charge in [-0.1, -0.05) is 31.9 Å². The molecule has 2 fully saturated rings. The number of hydrogen-bond acceptors (Lipinski definition) is 6. The van der Waals surface area contributed by atoms with Crippen LogP contribution in [0.2, 0.25) is 0 Å². The first kappa shape index (κ1) is 21.5. The lowest BCUT2D eigenvalue weighted by Gasteiger charge is -2.15. The molecule has 2 aromatic carbocycles. The van der Waals surface area contributed by atoms with Crippen molar-refractivity contribution in [3.05, 3.63) is 57.5 Å². The molecule has 0 radical (unpaired) electrons. The Kier molecular flexibility index (Phi) is 8.13. The molecular weight excluding hydrogens is 492 g/mol. The molecule has 6 nitrogen and oxygen atoms in total. The summed E-state index contributed by atoms with van der Waals surface area (Å²) in [6.07, 6.45) is -0.0349. The van der Waals surface area contributed by atoms with Crippen LogP contribution in [0.4, 0.5) is 0 Å². The smallest absolute Gasteiger partial charge is 0.139 e. The molecule has 0 aromatic heterocycles. The van der Waals surface area contributed by atoms with E-state index in [1.165, 1.54) is 0 Å². The second-order valence-electron chi connectivity index (χ2n) is 6.62. The van der Waals surface area contributed by atoms with Crippen LogP contribution in [0, 0.1) is 0 Å². The SMILES string of the molecule is N[C@@H]1COC[C@@H]1Oc1ccc(Br)cc1.N[C@H]1COC[C@H]1Oc1ccc(Br)cc1. The van der Waals surface area contributed by atoms with E-state index in [4.69, 9.17) is 30.4 Å². The Labute approximate surface area is 181 Å². The molecule has 0 saturated carbocycles. The van der Waals surface area contributed by atoms with Crippen molar-refractivity contribution in [1.82, 2.24) is 0 Å². The summed E-state index contributed by atoms with van der Waals surface area (Å²) in [5.41, 5.74) is 11.6. The molecule has 4 atom stereocenters. The molecule has 2 aliphatic heterocycles. The summed E-state index contributed by atoms with van der Waals surface area (Å²) in [5.74, 6) is 1.67. The Morgan fingerprint density at radius 3 is 1.29 bits per heavy atom. The molecule has 0 unspecified atom stereocenters. The van der Waals surface area contributed by atoms with Crippen LogP contribution in [0.3, 0.4) is 0 Å². The van der Waals surface area contributed by atoms with Crippen LogP contribution in [-0.4, -0.2) is 50.7 Å². The van der Waals surface area contributed by atoms with E-state index in [9.17, 15) is 0 Å². The van der Waals surface area contributed by atoms with Crippen LogP contribution >= 0.6 is 31.9 Å². The minimum absolute atomic E-state index is 0.0151. The van der Waals surface area contributed by atoms with Gasteiger partial charge in [0.2, 0.25) is 0 Å². The van der Waals surface area contributed by atoms with Crippen LogP contribution < -0.4 is 20.9 Å². The van der Waals surface area contributed by atoms with E-state index in [0.29, 0.717) is 26.4 Å². The first-order chi connectivity index (χ1) is 13.5. The molecule has 28 heavy (non-hydrogen) atoms. The summed E-state index contributed by atoms with van der Waals surface area (Å²) in [4.78, 5) is 0. The Hall–Kier alpha value is -1.16. The van der Waals surface area contributed by atoms with Gasteiger partial charge in [0, 0.05) is 8.95 Å². The first-order valence-electron chi connectivity index (χ1n) is 9.02. The lowest BCUT2D eigenvalue weighted by Crippen LogP contribution is -2.37. The highest BCUT2D eigenvalue weighted by atomic mass is 79.9. The molecule has 2 aromatic rings. The van der Waals surface area contributed by atoms with Gasteiger partial charge in [-0.15, -0.1) is 0 Å². The van der Waals surface area contributed by atoms with Gasteiger partial charge in [0.25, 0.3) is 0 Å². The molecule has 0 aliphatic carbocycles. The Balaban J connectivity index is 0.000000161. The Morgan fingerprint density at radius 2 is 1.00 bits per heavy atom. The monoisotopic (exact) mass is 514 g/mol. The lowest BCUT2D eigenvalue weighted by atomic mass is 10.2. The summed E-state index contributed by atoms with van der Waals surface area (Å²) in [5, 5.41) is 0. The van der Waals surface area contributed by atoms with Crippen molar-refractivity contribution < 1.29 is 18.9 Å². The van der Waals surface area contributed by atoms with E-state index in [-0.39, 0.29) is 24.3 Å². The highest BCUT2D eigenvalue weighted by Crippen LogP contribution is 2.20. The maximum Gasteiger partial charge on any atom is 0.139 e. The third-order valence-electron chi connectivity index (χ3n) is 4.34. The van der Waals surface area contributed by atoms with Gasteiger partial charge in [0.15, 0.2) is 0 Å². The van der Waals surface area contributed by atoms with Crippen LogP contribution in [0.15, 0.2) is 57.5 Å². The normalized spacial score (nSPS) is 26.4. The fourth-order valence-corrected chi connectivity index (χ4v) is 3.25. The molecule has 2 aliphatic rings. The Morgan fingerprint density at radius 1 is 0.643 bits per heavy atom. The van der Waals surface area contributed by atoms with E-state index in [2.05, 4.69) is 31.9 Å². The third kappa shape index (κ3) is 6.43. The Bertz CT molecular complexity index is 666. The van der Waals surface area contributed by atoms with E-state index < -0.39 is 0 Å². The summed E-state index contributed by atoms with van der Waals surface area (Å²) >= 11 is 6.73. The van der Waals surface area contributed by atoms with Gasteiger partial charge in [-0.2, -0.15) is 0 Å². The molecule has 4 rings (SSSR count). The highest BCUT2D eigenvalue weighted by Gasteiger charge is 2.27. The average molecular weight is 516 g/mol. The number of ether oxygens (including phenoxy) is 4. The summed E-state index contributed by atoms with van der Waals surface area (Å²) < 4.78 is 23.8. The second kappa shape index (κ2) is 10.6. The second-order valence-corrected chi connectivity index (χ2v) is 8.45. The van der Waals surface area contributed by atoms with E-state index in [1.807, 2.05) is 48.5 Å². The lowest BCUT2D eigenvalue weighted by molar-refractivity contribution is 0.140. The fourth-order valence-electron chi connectivity index (χ4n) is 2.72. The van der Waals surface area contributed by atoms with Crippen molar-refractivity contribution in [2.45, 2.75) is 24.3 Å². The zero-order valence-corrected chi connectivity index (χ0v) is 18.5. The highest BCUT2D eigenvalue weighted by molar-refractivity contribution is 9.10.